The molecule has 1 fully saturated rings. The zero-order valence-electron chi connectivity index (χ0n) is 13.4. The summed E-state index contributed by atoms with van der Waals surface area (Å²) < 4.78 is 5.57. The molecule has 1 aliphatic heterocycles. The molecule has 3 rings (SSSR count). The van der Waals surface area contributed by atoms with Gasteiger partial charge in [0.05, 0.1) is 23.1 Å². The van der Waals surface area contributed by atoms with E-state index in [9.17, 15) is 4.79 Å². The number of carbonyl (C=O) groups is 1. The number of nitrogens with one attached hydrogen (secondary N) is 1. The Morgan fingerprint density at radius 2 is 2.09 bits per heavy atom. The van der Waals surface area contributed by atoms with Crippen molar-refractivity contribution in [1.82, 2.24) is 10.3 Å². The predicted octanol–water partition coefficient (Wildman–Crippen LogP) is 3.36. The molecule has 2 aromatic rings. The number of rotatable bonds is 5. The number of hydrogen-bond donors (Lipinski definition) is 1. The van der Waals surface area contributed by atoms with Crippen LogP contribution in [-0.2, 0) is 4.74 Å². The molecule has 1 aliphatic rings. The van der Waals surface area contributed by atoms with Gasteiger partial charge in [0.15, 0.2) is 0 Å². The monoisotopic (exact) mass is 310 g/mol. The lowest BCUT2D eigenvalue weighted by atomic mass is 10.1. The van der Waals surface area contributed by atoms with Gasteiger partial charge in [-0.2, -0.15) is 0 Å². The van der Waals surface area contributed by atoms with Crippen LogP contribution in [0.2, 0.25) is 0 Å². The Morgan fingerprint density at radius 3 is 2.78 bits per heavy atom. The van der Waals surface area contributed by atoms with E-state index in [4.69, 9.17) is 4.74 Å². The third kappa shape index (κ3) is 3.96. The maximum absolute atomic E-state index is 12.3. The zero-order chi connectivity index (χ0) is 16.1. The van der Waals surface area contributed by atoms with Crippen molar-refractivity contribution in [3.63, 3.8) is 0 Å². The maximum atomic E-state index is 12.3. The molecule has 23 heavy (non-hydrogen) atoms. The van der Waals surface area contributed by atoms with Gasteiger partial charge in [-0.1, -0.05) is 30.3 Å². The quantitative estimate of drug-likeness (QED) is 0.921. The average molecular weight is 310 g/mol. The highest BCUT2D eigenvalue weighted by Gasteiger charge is 2.16. The van der Waals surface area contributed by atoms with Gasteiger partial charge >= 0.3 is 0 Å². The Balaban J connectivity index is 1.62. The molecule has 1 aromatic heterocycles. The Morgan fingerprint density at radius 1 is 1.26 bits per heavy atom. The Hall–Kier alpha value is -2.20. The summed E-state index contributed by atoms with van der Waals surface area (Å²) in [5.41, 5.74) is 3.33. The number of benzene rings is 1. The van der Waals surface area contributed by atoms with Gasteiger partial charge < -0.3 is 10.1 Å². The number of aryl methyl sites for hydroxylation is 1. The first-order valence-corrected chi connectivity index (χ1v) is 8.17. The first-order valence-electron chi connectivity index (χ1n) is 8.17. The summed E-state index contributed by atoms with van der Waals surface area (Å²) in [6.45, 7) is 3.37. The smallest absolute Gasteiger partial charge is 0.253 e. The Kier molecular flexibility index (Phi) is 5.03. The number of amides is 1. The van der Waals surface area contributed by atoms with E-state index >= 15 is 0 Å². The normalized spacial score (nSPS) is 17.2. The average Bonchev–Trinajstić information content (AvgIpc) is 3.09. The molecule has 0 radical (unpaired) electrons. The van der Waals surface area contributed by atoms with Gasteiger partial charge in [0.1, 0.15) is 0 Å². The van der Waals surface area contributed by atoms with E-state index in [0.717, 1.165) is 42.8 Å². The van der Waals surface area contributed by atoms with Crippen molar-refractivity contribution in [3.8, 4) is 11.3 Å². The van der Waals surface area contributed by atoms with Gasteiger partial charge in [-0.05, 0) is 38.3 Å². The third-order valence-electron chi connectivity index (χ3n) is 4.18. The lowest BCUT2D eigenvalue weighted by Crippen LogP contribution is -2.27. The molecule has 1 saturated heterocycles. The van der Waals surface area contributed by atoms with Crippen molar-refractivity contribution < 1.29 is 9.53 Å². The van der Waals surface area contributed by atoms with Crippen LogP contribution in [0.25, 0.3) is 11.3 Å². The number of pyridine rings is 1. The molecular weight excluding hydrogens is 288 g/mol. The molecule has 0 spiro atoms. The summed E-state index contributed by atoms with van der Waals surface area (Å²) in [6.07, 6.45) is 3.40. The summed E-state index contributed by atoms with van der Waals surface area (Å²) in [6, 6.07) is 13.7. The highest BCUT2D eigenvalue weighted by atomic mass is 16.5. The van der Waals surface area contributed by atoms with Crippen LogP contribution < -0.4 is 5.32 Å². The molecule has 0 saturated carbocycles. The Labute approximate surface area is 136 Å². The molecular formula is C19H22N2O2. The molecule has 1 N–H and O–H groups in total. The number of ether oxygens (including phenoxy) is 1. The van der Waals surface area contributed by atoms with E-state index in [1.165, 1.54) is 0 Å². The second-order valence-electron chi connectivity index (χ2n) is 5.88. The van der Waals surface area contributed by atoms with Crippen molar-refractivity contribution in [2.24, 2.45) is 0 Å². The summed E-state index contributed by atoms with van der Waals surface area (Å²) in [4.78, 5) is 16.9. The van der Waals surface area contributed by atoms with Crippen LogP contribution in [0, 0.1) is 6.92 Å². The molecule has 1 atom stereocenters. The zero-order valence-corrected chi connectivity index (χ0v) is 13.4. The van der Waals surface area contributed by atoms with Crippen LogP contribution in [0.4, 0.5) is 0 Å². The van der Waals surface area contributed by atoms with E-state index in [1.54, 1.807) is 0 Å². The molecule has 0 bridgehead atoms. The summed E-state index contributed by atoms with van der Waals surface area (Å²) in [7, 11) is 0. The molecule has 4 heteroatoms. The van der Waals surface area contributed by atoms with E-state index in [-0.39, 0.29) is 5.91 Å². The minimum absolute atomic E-state index is 0.0624. The fourth-order valence-electron chi connectivity index (χ4n) is 2.88. The fraction of sp³-hybridized carbons (Fsp3) is 0.368. The van der Waals surface area contributed by atoms with Crippen LogP contribution in [0.5, 0.6) is 0 Å². The largest absolute Gasteiger partial charge is 0.378 e. The van der Waals surface area contributed by atoms with Crippen molar-refractivity contribution in [3.05, 3.63) is 53.7 Å². The van der Waals surface area contributed by atoms with Crippen molar-refractivity contribution >= 4 is 5.91 Å². The summed E-state index contributed by atoms with van der Waals surface area (Å²) in [5.74, 6) is -0.0624. The van der Waals surface area contributed by atoms with Gasteiger partial charge in [-0.15, -0.1) is 0 Å². The minimum Gasteiger partial charge on any atom is -0.378 e. The van der Waals surface area contributed by atoms with Gasteiger partial charge in [0.25, 0.3) is 5.91 Å². The van der Waals surface area contributed by atoms with Crippen LogP contribution >= 0.6 is 0 Å². The third-order valence-corrected chi connectivity index (χ3v) is 4.18. The first kappa shape index (κ1) is 15.7. The molecule has 1 amide bonds. The van der Waals surface area contributed by atoms with E-state index in [0.29, 0.717) is 18.2 Å². The predicted molar refractivity (Wildman–Crippen MR) is 90.3 cm³/mol. The number of nitrogens with zero attached hydrogens (tertiary/aromatic N) is 1. The molecule has 120 valence electrons. The number of carbonyl (C=O) groups excluding carboxylic acids is 1. The summed E-state index contributed by atoms with van der Waals surface area (Å²) >= 11 is 0. The lowest BCUT2D eigenvalue weighted by Gasteiger charge is -2.11. The van der Waals surface area contributed by atoms with E-state index in [1.807, 2.05) is 49.4 Å². The fourth-order valence-corrected chi connectivity index (χ4v) is 2.88. The lowest BCUT2D eigenvalue weighted by molar-refractivity contribution is 0.0906. The van der Waals surface area contributed by atoms with Crippen LogP contribution in [0.15, 0.2) is 42.5 Å². The van der Waals surface area contributed by atoms with Gasteiger partial charge in [0, 0.05) is 18.7 Å². The van der Waals surface area contributed by atoms with E-state index < -0.39 is 0 Å². The van der Waals surface area contributed by atoms with Crippen LogP contribution in [0.1, 0.15) is 35.3 Å². The van der Waals surface area contributed by atoms with Crippen LogP contribution in [0.3, 0.4) is 0 Å². The second kappa shape index (κ2) is 7.38. The second-order valence-corrected chi connectivity index (χ2v) is 5.88. The highest BCUT2D eigenvalue weighted by Crippen LogP contribution is 2.19. The van der Waals surface area contributed by atoms with Crippen molar-refractivity contribution in [2.75, 3.05) is 13.2 Å². The minimum atomic E-state index is -0.0624. The highest BCUT2D eigenvalue weighted by molar-refractivity contribution is 5.95. The van der Waals surface area contributed by atoms with Crippen LogP contribution in [-0.4, -0.2) is 30.1 Å². The number of aromatic nitrogens is 1. The van der Waals surface area contributed by atoms with Gasteiger partial charge in [0.2, 0.25) is 0 Å². The maximum Gasteiger partial charge on any atom is 0.253 e. The topological polar surface area (TPSA) is 51.2 Å². The molecule has 2 heterocycles. The summed E-state index contributed by atoms with van der Waals surface area (Å²) in [5, 5.41) is 2.97. The standard InChI is InChI=1S/C19H22N2O2/c1-14-17(19(22)20-12-11-16-8-5-13-23-16)9-10-18(21-14)15-6-3-2-4-7-15/h2-4,6-7,9-10,16H,5,8,11-13H2,1H3,(H,20,22). The van der Waals surface area contributed by atoms with Crippen molar-refractivity contribution in [2.45, 2.75) is 32.3 Å². The first-order chi connectivity index (χ1) is 11.2. The number of hydrogen-bond acceptors (Lipinski definition) is 3. The molecule has 1 aromatic carbocycles. The SMILES string of the molecule is Cc1nc(-c2ccccc2)ccc1C(=O)NCCC1CCCO1. The van der Waals surface area contributed by atoms with Gasteiger partial charge in [-0.25, -0.2) is 0 Å². The Bertz CT molecular complexity index is 664. The molecule has 4 nitrogen and oxygen atoms in total. The molecule has 1 unspecified atom stereocenters. The molecule has 0 aliphatic carbocycles. The van der Waals surface area contributed by atoms with E-state index in [2.05, 4.69) is 10.3 Å². The van der Waals surface area contributed by atoms with Gasteiger partial charge in [-0.3, -0.25) is 9.78 Å². The van der Waals surface area contributed by atoms with Crippen molar-refractivity contribution in [1.29, 1.82) is 0 Å².